The number of urea groups is 1. The molecule has 1 aliphatic rings. The predicted octanol–water partition coefficient (Wildman–Crippen LogP) is 0.267. The first-order valence-corrected chi connectivity index (χ1v) is 6.19. The number of hydrogen-bond acceptors (Lipinski definition) is 3. The number of carboxylic acids is 1. The lowest BCUT2D eigenvalue weighted by Gasteiger charge is -2.35. The van der Waals surface area contributed by atoms with Crippen LogP contribution in [0.25, 0.3) is 0 Å². The quantitative estimate of drug-likeness (QED) is 0.819. The molecule has 3 amide bonds. The van der Waals surface area contributed by atoms with Crippen molar-refractivity contribution in [2.24, 2.45) is 0 Å². The monoisotopic (exact) mass is 295 g/mol. The molecule has 0 spiro atoms. The molecule has 0 aliphatic carbocycles. The SMILES string of the molecule is CN(C(=O)N1CC(=O)NCC1C(=O)O)c1cccc(F)c1. The molecule has 2 N–H and O–H groups in total. The Morgan fingerprint density at radius 1 is 1.48 bits per heavy atom. The Morgan fingerprint density at radius 3 is 2.81 bits per heavy atom. The van der Waals surface area contributed by atoms with Crippen molar-refractivity contribution < 1.29 is 23.9 Å². The van der Waals surface area contributed by atoms with E-state index in [-0.39, 0.29) is 18.8 Å². The predicted molar refractivity (Wildman–Crippen MR) is 71.3 cm³/mol. The highest BCUT2D eigenvalue weighted by Gasteiger charge is 2.36. The molecule has 8 heteroatoms. The molecule has 1 fully saturated rings. The number of aliphatic carboxylic acids is 1. The van der Waals surface area contributed by atoms with Crippen LogP contribution < -0.4 is 10.2 Å². The smallest absolute Gasteiger partial charge is 0.328 e. The Kier molecular flexibility index (Phi) is 4.06. The Hall–Kier alpha value is -2.64. The van der Waals surface area contributed by atoms with Gasteiger partial charge in [0.25, 0.3) is 0 Å². The van der Waals surface area contributed by atoms with Gasteiger partial charge in [-0.05, 0) is 18.2 Å². The average Bonchev–Trinajstić information content (AvgIpc) is 2.45. The van der Waals surface area contributed by atoms with E-state index in [0.717, 1.165) is 15.9 Å². The van der Waals surface area contributed by atoms with E-state index in [4.69, 9.17) is 5.11 Å². The summed E-state index contributed by atoms with van der Waals surface area (Å²) in [5.41, 5.74) is 0.273. The minimum atomic E-state index is -1.21. The number of amides is 3. The largest absolute Gasteiger partial charge is 0.480 e. The van der Waals surface area contributed by atoms with Gasteiger partial charge in [-0.15, -0.1) is 0 Å². The fourth-order valence-corrected chi connectivity index (χ4v) is 2.05. The molecule has 21 heavy (non-hydrogen) atoms. The summed E-state index contributed by atoms with van der Waals surface area (Å²) < 4.78 is 13.2. The number of nitrogens with one attached hydrogen (secondary N) is 1. The lowest BCUT2D eigenvalue weighted by molar-refractivity contribution is -0.144. The molecule has 1 unspecified atom stereocenters. The Morgan fingerprint density at radius 2 is 2.19 bits per heavy atom. The van der Waals surface area contributed by atoms with Crippen LogP contribution in [0.4, 0.5) is 14.9 Å². The Balaban J connectivity index is 2.23. The number of carbonyl (C=O) groups excluding carboxylic acids is 2. The number of benzene rings is 1. The van der Waals surface area contributed by atoms with Gasteiger partial charge < -0.3 is 10.4 Å². The number of anilines is 1. The van der Waals surface area contributed by atoms with Crippen LogP contribution in [0.1, 0.15) is 0 Å². The van der Waals surface area contributed by atoms with Gasteiger partial charge in [-0.2, -0.15) is 0 Å². The zero-order chi connectivity index (χ0) is 15.6. The zero-order valence-corrected chi connectivity index (χ0v) is 11.2. The van der Waals surface area contributed by atoms with E-state index >= 15 is 0 Å². The van der Waals surface area contributed by atoms with E-state index in [1.165, 1.54) is 25.2 Å². The standard InChI is InChI=1S/C13H14FN3O4/c1-16(9-4-2-3-8(14)5-9)13(21)17-7-11(18)15-6-10(17)12(19)20/h2-5,10H,6-7H2,1H3,(H,15,18)(H,19,20). The van der Waals surface area contributed by atoms with Gasteiger partial charge in [0.1, 0.15) is 18.4 Å². The minimum Gasteiger partial charge on any atom is -0.480 e. The molecule has 1 atom stereocenters. The first-order chi connectivity index (χ1) is 9.90. The summed E-state index contributed by atoms with van der Waals surface area (Å²) in [5, 5.41) is 11.5. The molecule has 1 heterocycles. The maximum Gasteiger partial charge on any atom is 0.328 e. The summed E-state index contributed by atoms with van der Waals surface area (Å²) in [7, 11) is 1.39. The lowest BCUT2D eigenvalue weighted by atomic mass is 10.2. The van der Waals surface area contributed by atoms with E-state index < -0.39 is 29.8 Å². The summed E-state index contributed by atoms with van der Waals surface area (Å²) in [4.78, 5) is 37.0. The van der Waals surface area contributed by atoms with Crippen LogP contribution in [0.2, 0.25) is 0 Å². The van der Waals surface area contributed by atoms with E-state index in [1.807, 2.05) is 0 Å². The maximum atomic E-state index is 13.2. The van der Waals surface area contributed by atoms with Crippen molar-refractivity contribution in [2.45, 2.75) is 6.04 Å². The topological polar surface area (TPSA) is 90.0 Å². The Labute approximate surface area is 119 Å². The lowest BCUT2D eigenvalue weighted by Crippen LogP contribution is -2.61. The number of nitrogens with zero attached hydrogens (tertiary/aromatic N) is 2. The summed E-state index contributed by atoms with van der Waals surface area (Å²) >= 11 is 0. The van der Waals surface area contributed by atoms with E-state index in [1.54, 1.807) is 0 Å². The van der Waals surface area contributed by atoms with Crippen molar-refractivity contribution >= 4 is 23.6 Å². The van der Waals surface area contributed by atoms with E-state index in [2.05, 4.69) is 5.32 Å². The second-order valence-electron chi connectivity index (χ2n) is 4.61. The fourth-order valence-electron chi connectivity index (χ4n) is 2.05. The van der Waals surface area contributed by atoms with Crippen LogP contribution in [-0.4, -0.2) is 54.1 Å². The second kappa shape index (κ2) is 5.78. The van der Waals surface area contributed by atoms with Crippen molar-refractivity contribution in [3.8, 4) is 0 Å². The molecular weight excluding hydrogens is 281 g/mol. The van der Waals surface area contributed by atoms with Crippen molar-refractivity contribution in [1.82, 2.24) is 10.2 Å². The van der Waals surface area contributed by atoms with Gasteiger partial charge in [-0.1, -0.05) is 6.07 Å². The molecule has 1 saturated heterocycles. The van der Waals surface area contributed by atoms with Crippen LogP contribution in [0, 0.1) is 5.82 Å². The number of hydrogen-bond donors (Lipinski definition) is 2. The molecule has 0 bridgehead atoms. The van der Waals surface area contributed by atoms with Crippen molar-refractivity contribution in [2.75, 3.05) is 25.0 Å². The minimum absolute atomic E-state index is 0.156. The van der Waals surface area contributed by atoms with Gasteiger partial charge >= 0.3 is 12.0 Å². The summed E-state index contributed by atoms with van der Waals surface area (Å²) in [5.74, 6) is -2.16. The van der Waals surface area contributed by atoms with Gasteiger partial charge in [0, 0.05) is 19.3 Å². The van der Waals surface area contributed by atoms with Crippen LogP contribution >= 0.6 is 0 Å². The molecular formula is C13H14FN3O4. The highest BCUT2D eigenvalue weighted by Crippen LogP contribution is 2.17. The van der Waals surface area contributed by atoms with Crippen molar-refractivity contribution in [3.63, 3.8) is 0 Å². The maximum absolute atomic E-state index is 13.2. The summed E-state index contributed by atoms with van der Waals surface area (Å²) in [6, 6.07) is 3.51. The van der Waals surface area contributed by atoms with Crippen LogP contribution in [-0.2, 0) is 9.59 Å². The van der Waals surface area contributed by atoms with Crippen molar-refractivity contribution in [1.29, 1.82) is 0 Å². The van der Waals surface area contributed by atoms with Gasteiger partial charge in [-0.3, -0.25) is 14.6 Å². The first kappa shape index (κ1) is 14.8. The molecule has 1 aromatic carbocycles. The molecule has 0 radical (unpaired) electrons. The van der Waals surface area contributed by atoms with Gasteiger partial charge in [0.05, 0.1) is 0 Å². The summed E-state index contributed by atoms with van der Waals surface area (Å²) in [6.45, 7) is -0.508. The van der Waals surface area contributed by atoms with Gasteiger partial charge in [-0.25, -0.2) is 14.0 Å². The van der Waals surface area contributed by atoms with Crippen LogP contribution in [0.5, 0.6) is 0 Å². The molecule has 112 valence electrons. The number of piperazine rings is 1. The van der Waals surface area contributed by atoms with Crippen LogP contribution in [0.3, 0.4) is 0 Å². The Bertz CT molecular complexity index is 593. The number of carbonyl (C=O) groups is 3. The van der Waals surface area contributed by atoms with E-state index in [9.17, 15) is 18.8 Å². The summed E-state index contributed by atoms with van der Waals surface area (Å²) in [6.07, 6.45) is 0. The number of rotatable bonds is 2. The first-order valence-electron chi connectivity index (χ1n) is 6.19. The zero-order valence-electron chi connectivity index (χ0n) is 11.2. The normalized spacial score (nSPS) is 18.1. The van der Waals surface area contributed by atoms with Crippen molar-refractivity contribution in [3.05, 3.63) is 30.1 Å². The molecule has 1 aromatic rings. The highest BCUT2D eigenvalue weighted by atomic mass is 19.1. The highest BCUT2D eigenvalue weighted by molar-refractivity contribution is 5.97. The fraction of sp³-hybridized carbons (Fsp3) is 0.308. The van der Waals surface area contributed by atoms with Gasteiger partial charge in [0.2, 0.25) is 5.91 Å². The number of halogens is 1. The molecule has 0 aromatic heterocycles. The van der Waals surface area contributed by atoms with Gasteiger partial charge in [0.15, 0.2) is 0 Å². The third-order valence-corrected chi connectivity index (χ3v) is 3.20. The third-order valence-electron chi connectivity index (χ3n) is 3.20. The molecule has 0 saturated carbocycles. The third kappa shape index (κ3) is 3.10. The molecule has 1 aliphatic heterocycles. The second-order valence-corrected chi connectivity index (χ2v) is 4.61. The average molecular weight is 295 g/mol. The van der Waals surface area contributed by atoms with E-state index in [0.29, 0.717) is 0 Å². The molecule has 7 nitrogen and oxygen atoms in total. The number of carboxylic acid groups (broad SMARTS) is 1. The van der Waals surface area contributed by atoms with Crippen LogP contribution in [0.15, 0.2) is 24.3 Å². The molecule has 2 rings (SSSR count).